The Kier molecular flexibility index (Phi) is 7.13. The molecule has 0 aliphatic carbocycles. The quantitative estimate of drug-likeness (QED) is 0.300. The summed E-state index contributed by atoms with van der Waals surface area (Å²) in [4.78, 5) is 0. The van der Waals surface area contributed by atoms with Gasteiger partial charge < -0.3 is 0 Å². The topological polar surface area (TPSA) is 0 Å². The van der Waals surface area contributed by atoms with Crippen LogP contribution in [0.1, 0.15) is 0 Å². The van der Waals surface area contributed by atoms with Gasteiger partial charge in [-0.3, -0.25) is 0 Å². The third-order valence-electron chi connectivity index (χ3n) is 14.9. The molecule has 10 heteroatoms. The lowest BCUT2D eigenvalue weighted by atomic mass is 10.4. The third-order valence-corrected chi connectivity index (χ3v) is 353. The molecule has 2 aromatic carbocycles. The number of hydrogen-bond donors (Lipinski definition) is 0. The fourth-order valence-corrected chi connectivity index (χ4v) is 761. The molecule has 3 aliphatic heterocycles. The molecule has 5 rings (SSSR count). The van der Waals surface area contributed by atoms with Crippen LogP contribution in [0.2, 0.25) is 105 Å². The van der Waals surface area contributed by atoms with Crippen molar-refractivity contribution in [1.82, 2.24) is 0 Å². The Balaban J connectivity index is 2.41. The highest BCUT2D eigenvalue weighted by Crippen LogP contribution is 2.67. The van der Waals surface area contributed by atoms with Gasteiger partial charge in [0.25, 0.3) is 0 Å². The predicted octanol–water partition coefficient (Wildman–Crippen LogP) is 7.26. The monoisotopic (exact) mass is 674 g/mol. The number of hydrogen-bond acceptors (Lipinski definition) is 0. The molecule has 3 fully saturated rings. The van der Waals surface area contributed by atoms with E-state index in [0.29, 0.717) is 0 Å². The molecule has 0 amide bonds. The van der Waals surface area contributed by atoms with Crippen molar-refractivity contribution < 1.29 is 0 Å². The van der Waals surface area contributed by atoms with Crippen LogP contribution < -0.4 is 10.4 Å². The van der Waals surface area contributed by atoms with E-state index in [1.807, 2.05) is 10.4 Å². The van der Waals surface area contributed by atoms with Crippen LogP contribution >= 0.6 is 0 Å². The van der Waals surface area contributed by atoms with Gasteiger partial charge in [-0.05, 0) is 0 Å². The molecule has 3 saturated heterocycles. The standard InChI is InChI=1S/C28H58Si10/c1-29(2,3)37-30(4,5)33(10,11)38(34(12,13)31(37,6)7,35(14,15)32(37,8)9)36(16,27-23-19-17-20-24-27)28-25-21-18-22-26-28/h17-26H,1-16H3. The molecule has 210 valence electrons. The third kappa shape index (κ3) is 2.85. The van der Waals surface area contributed by atoms with Gasteiger partial charge in [-0.15, -0.1) is 0 Å². The molecule has 0 spiro atoms. The Morgan fingerprint density at radius 3 is 0.842 bits per heavy atom. The van der Waals surface area contributed by atoms with Crippen LogP contribution in [-0.4, -0.2) is 70.1 Å². The second kappa shape index (κ2) is 8.59. The van der Waals surface area contributed by atoms with Crippen molar-refractivity contribution in [3.05, 3.63) is 60.7 Å². The molecular weight excluding hydrogens is 617 g/mol. The molecule has 2 aromatic rings. The summed E-state index contributed by atoms with van der Waals surface area (Å²) in [5.41, 5.74) is 0. The number of benzene rings is 2. The Morgan fingerprint density at radius 1 is 0.368 bits per heavy atom. The lowest BCUT2D eigenvalue weighted by Gasteiger charge is -2.92. The second-order valence-electron chi connectivity index (χ2n) is 17.4. The lowest BCUT2D eigenvalue weighted by molar-refractivity contribution is 1.69. The summed E-state index contributed by atoms with van der Waals surface area (Å²) in [6.45, 7) is 49.3. The van der Waals surface area contributed by atoms with Crippen molar-refractivity contribution in [3.8, 4) is 0 Å². The van der Waals surface area contributed by atoms with Crippen LogP contribution in [-0.2, 0) is 0 Å². The van der Waals surface area contributed by atoms with Crippen molar-refractivity contribution >= 4 is 80.5 Å². The predicted molar refractivity (Wildman–Crippen MR) is 204 cm³/mol. The van der Waals surface area contributed by atoms with Crippen molar-refractivity contribution in [3.63, 3.8) is 0 Å². The van der Waals surface area contributed by atoms with Crippen LogP contribution in [0, 0.1) is 0 Å². The highest BCUT2D eigenvalue weighted by molar-refractivity contribution is 8.46. The number of rotatable bonds is 4. The van der Waals surface area contributed by atoms with Crippen molar-refractivity contribution in [2.24, 2.45) is 0 Å². The molecule has 0 radical (unpaired) electrons. The Labute approximate surface area is 244 Å². The summed E-state index contributed by atoms with van der Waals surface area (Å²) in [6, 6.07) is 24.8. The number of fused-ring (bicyclic) bond motifs is 3. The maximum absolute atomic E-state index is 3.13. The Morgan fingerprint density at radius 2 is 0.605 bits per heavy atom. The molecule has 38 heavy (non-hydrogen) atoms. The summed E-state index contributed by atoms with van der Waals surface area (Å²) in [6.07, 6.45) is -3.15. The van der Waals surface area contributed by atoms with Gasteiger partial charge in [-0.25, -0.2) is 0 Å². The molecule has 0 nitrogen and oxygen atoms in total. The maximum atomic E-state index is 3.13. The summed E-state index contributed by atoms with van der Waals surface area (Å²) in [5, 5.41) is 3.67. The van der Waals surface area contributed by atoms with Gasteiger partial charge in [0.15, 0.2) is 0 Å². The summed E-state index contributed by atoms with van der Waals surface area (Å²) in [5.74, 6) is 0. The van der Waals surface area contributed by atoms with E-state index in [1.54, 1.807) is 0 Å². The van der Waals surface area contributed by atoms with E-state index in [0.717, 1.165) is 0 Å². The van der Waals surface area contributed by atoms with E-state index in [2.05, 4.69) is 165 Å². The van der Waals surface area contributed by atoms with Gasteiger partial charge >= 0.3 is 0 Å². The fourth-order valence-electron chi connectivity index (χ4n) is 14.3. The highest BCUT2D eigenvalue weighted by atomic mass is 30.6. The second-order valence-corrected chi connectivity index (χ2v) is 145. The largest absolute Gasteiger partial charge is 0.100 e. The average Bonchev–Trinajstić information content (AvgIpc) is 2.77. The van der Waals surface area contributed by atoms with Crippen LogP contribution in [0.5, 0.6) is 0 Å². The first-order valence-electron chi connectivity index (χ1n) is 15.1. The normalized spacial score (nSPS) is 32.1. The van der Waals surface area contributed by atoms with E-state index < -0.39 is 70.1 Å². The average molecular weight is 676 g/mol. The van der Waals surface area contributed by atoms with Crippen molar-refractivity contribution in [2.75, 3.05) is 0 Å². The van der Waals surface area contributed by atoms with Gasteiger partial charge in [-0.1, -0.05) is 176 Å². The molecule has 0 unspecified atom stereocenters. The molecule has 2 bridgehead atoms. The summed E-state index contributed by atoms with van der Waals surface area (Å²) < 4.78 is 0. The van der Waals surface area contributed by atoms with E-state index >= 15 is 0 Å². The molecule has 0 saturated carbocycles. The zero-order chi connectivity index (χ0) is 29.2. The molecule has 3 aliphatic rings. The van der Waals surface area contributed by atoms with E-state index in [-0.39, 0.29) is 0 Å². The summed E-state index contributed by atoms with van der Waals surface area (Å²) in [7, 11) is -12.3. The van der Waals surface area contributed by atoms with E-state index in [1.165, 1.54) is 0 Å². The first-order valence-corrected chi connectivity index (χ1v) is 54.1. The molecule has 3 heterocycles. The van der Waals surface area contributed by atoms with Crippen LogP contribution in [0.3, 0.4) is 0 Å². The summed E-state index contributed by atoms with van der Waals surface area (Å²) >= 11 is 0. The van der Waals surface area contributed by atoms with E-state index in [4.69, 9.17) is 0 Å². The Bertz CT molecular complexity index is 1110. The first kappa shape index (κ1) is 31.5. The minimum Gasteiger partial charge on any atom is -0.0739 e. The van der Waals surface area contributed by atoms with Crippen LogP contribution in [0.25, 0.3) is 0 Å². The molecule has 0 atom stereocenters. The van der Waals surface area contributed by atoms with Gasteiger partial charge in [0, 0.05) is 62.5 Å². The van der Waals surface area contributed by atoms with Gasteiger partial charge in [-0.2, -0.15) is 0 Å². The van der Waals surface area contributed by atoms with Crippen molar-refractivity contribution in [2.45, 2.75) is 105 Å². The van der Waals surface area contributed by atoms with E-state index in [9.17, 15) is 0 Å². The molecular formula is C28H58Si10. The minimum absolute atomic E-state index is 1.33. The van der Waals surface area contributed by atoms with Crippen LogP contribution in [0.15, 0.2) is 60.7 Å². The smallest absolute Gasteiger partial charge is 0.0739 e. The fraction of sp³-hybridized carbons (Fsp3) is 0.571. The minimum atomic E-state index is -2.01. The first-order chi connectivity index (χ1) is 17.0. The zero-order valence-electron chi connectivity index (χ0n) is 27.8. The maximum Gasteiger partial charge on any atom is 0.100 e. The zero-order valence-corrected chi connectivity index (χ0v) is 37.8. The molecule has 0 N–H and O–H groups in total. The van der Waals surface area contributed by atoms with Gasteiger partial charge in [0.2, 0.25) is 0 Å². The highest BCUT2D eigenvalue weighted by Gasteiger charge is 2.97. The van der Waals surface area contributed by atoms with Gasteiger partial charge in [0.05, 0.1) is 0 Å². The Hall–Kier alpha value is 0.609. The van der Waals surface area contributed by atoms with Gasteiger partial charge in [0.1, 0.15) is 7.59 Å². The molecule has 0 aromatic heterocycles. The van der Waals surface area contributed by atoms with Crippen molar-refractivity contribution in [1.29, 1.82) is 0 Å². The SMILES string of the molecule is C[Si](C)(C)[Si]12[Si](C)(C)[Si](C)(C)[Si]([Si](C)(c3ccccc3)c3ccccc3)([Si](C)(C)[Si]1(C)C)[Si](C)(C)[Si]2(C)C. The lowest BCUT2D eigenvalue weighted by Crippen LogP contribution is -3.25. The van der Waals surface area contributed by atoms with Crippen LogP contribution in [0.4, 0.5) is 0 Å².